The molecular weight excluding hydrogens is 220 g/mol. The van der Waals surface area contributed by atoms with Crippen molar-refractivity contribution in [1.82, 2.24) is 10.2 Å². The molecule has 0 aromatic heterocycles. The lowest BCUT2D eigenvalue weighted by molar-refractivity contribution is 0.0964. The molecule has 2 saturated heterocycles. The lowest BCUT2D eigenvalue weighted by atomic mass is 9.88. The summed E-state index contributed by atoms with van der Waals surface area (Å²) in [6, 6.07) is 1.70. The molecule has 0 aromatic rings. The summed E-state index contributed by atoms with van der Waals surface area (Å²) in [5, 5.41) is 3.72. The van der Waals surface area contributed by atoms with Gasteiger partial charge in [0.2, 0.25) is 0 Å². The van der Waals surface area contributed by atoms with Crippen LogP contribution in [0.25, 0.3) is 0 Å². The third kappa shape index (κ3) is 3.71. The van der Waals surface area contributed by atoms with Gasteiger partial charge in [-0.3, -0.25) is 0 Å². The number of nitrogens with one attached hydrogen (secondary N) is 1. The fraction of sp³-hybridized carbons (Fsp3) is 1.00. The van der Waals surface area contributed by atoms with Crippen LogP contribution in [0.15, 0.2) is 0 Å². The molecule has 0 aromatic carbocycles. The molecule has 0 aliphatic carbocycles. The Morgan fingerprint density at radius 3 is 2.50 bits per heavy atom. The van der Waals surface area contributed by atoms with Crippen molar-refractivity contribution in [3.05, 3.63) is 0 Å². The minimum absolute atomic E-state index is 0.830. The first-order chi connectivity index (χ1) is 8.85. The predicted octanol–water partition coefficient (Wildman–Crippen LogP) is 3.42. The average Bonchev–Trinajstić information content (AvgIpc) is 2.93. The van der Waals surface area contributed by atoms with Crippen molar-refractivity contribution >= 4 is 0 Å². The number of piperidine rings is 1. The van der Waals surface area contributed by atoms with Gasteiger partial charge in [-0.15, -0.1) is 0 Å². The maximum Gasteiger partial charge on any atom is 0.0108 e. The third-order valence-electron chi connectivity index (χ3n) is 4.92. The summed E-state index contributed by atoms with van der Waals surface area (Å²) >= 11 is 0. The molecule has 18 heavy (non-hydrogen) atoms. The van der Waals surface area contributed by atoms with E-state index >= 15 is 0 Å². The first kappa shape index (κ1) is 14.3. The molecule has 2 aliphatic heterocycles. The van der Waals surface area contributed by atoms with E-state index in [9.17, 15) is 0 Å². The Hall–Kier alpha value is -0.0800. The molecule has 2 rings (SSSR count). The van der Waals surface area contributed by atoms with Gasteiger partial charge < -0.3 is 10.2 Å². The van der Waals surface area contributed by atoms with E-state index in [0.717, 1.165) is 18.0 Å². The highest BCUT2D eigenvalue weighted by Gasteiger charge is 2.31. The van der Waals surface area contributed by atoms with E-state index in [1.165, 1.54) is 71.0 Å². The van der Waals surface area contributed by atoms with Crippen LogP contribution in [0.3, 0.4) is 0 Å². The van der Waals surface area contributed by atoms with Crippen LogP contribution < -0.4 is 5.32 Å². The Bertz CT molecular complexity index is 217. The molecule has 2 fully saturated rings. The molecule has 0 amide bonds. The molecule has 0 saturated carbocycles. The summed E-state index contributed by atoms with van der Waals surface area (Å²) in [6.07, 6.45) is 11.2. The molecular formula is C16H32N2. The molecule has 1 N–H and O–H groups in total. The zero-order chi connectivity index (χ0) is 12.8. The second-order valence-electron chi connectivity index (χ2n) is 6.33. The van der Waals surface area contributed by atoms with Gasteiger partial charge in [-0.05, 0) is 57.5 Å². The molecule has 0 bridgehead atoms. The van der Waals surface area contributed by atoms with E-state index in [-0.39, 0.29) is 0 Å². The fourth-order valence-corrected chi connectivity index (χ4v) is 3.99. The van der Waals surface area contributed by atoms with E-state index in [1.54, 1.807) is 0 Å². The molecule has 0 radical (unpaired) electrons. The quantitative estimate of drug-likeness (QED) is 0.779. The maximum atomic E-state index is 3.72. The summed E-state index contributed by atoms with van der Waals surface area (Å²) in [7, 11) is 0. The van der Waals surface area contributed by atoms with Crippen LogP contribution in [0.5, 0.6) is 0 Å². The molecule has 2 unspecified atom stereocenters. The Labute approximate surface area is 114 Å². The van der Waals surface area contributed by atoms with Crippen molar-refractivity contribution in [2.24, 2.45) is 5.92 Å². The zero-order valence-electron chi connectivity index (χ0n) is 12.5. The van der Waals surface area contributed by atoms with Gasteiger partial charge in [-0.2, -0.15) is 0 Å². The van der Waals surface area contributed by atoms with Crippen LogP contribution in [0.4, 0.5) is 0 Å². The fourth-order valence-electron chi connectivity index (χ4n) is 3.99. The van der Waals surface area contributed by atoms with Gasteiger partial charge in [0.05, 0.1) is 0 Å². The molecule has 2 nitrogen and oxygen atoms in total. The Kier molecular flexibility index (Phi) is 5.97. The first-order valence-electron chi connectivity index (χ1n) is 8.32. The topological polar surface area (TPSA) is 15.3 Å². The normalized spacial score (nSPS) is 30.2. The molecule has 2 aliphatic rings. The van der Waals surface area contributed by atoms with E-state index in [0.29, 0.717) is 0 Å². The Morgan fingerprint density at radius 2 is 1.89 bits per heavy atom. The number of hydrogen-bond acceptors (Lipinski definition) is 2. The number of rotatable bonds is 6. The number of nitrogens with zero attached hydrogens (tertiary/aromatic N) is 1. The van der Waals surface area contributed by atoms with Gasteiger partial charge in [-0.1, -0.05) is 26.7 Å². The zero-order valence-corrected chi connectivity index (χ0v) is 12.5. The van der Waals surface area contributed by atoms with Gasteiger partial charge in [0.25, 0.3) is 0 Å². The van der Waals surface area contributed by atoms with Gasteiger partial charge >= 0.3 is 0 Å². The van der Waals surface area contributed by atoms with Crippen LogP contribution >= 0.6 is 0 Å². The maximum absolute atomic E-state index is 3.72. The summed E-state index contributed by atoms with van der Waals surface area (Å²) < 4.78 is 0. The van der Waals surface area contributed by atoms with Crippen LogP contribution in [0.2, 0.25) is 0 Å². The highest BCUT2D eigenvalue weighted by atomic mass is 15.2. The van der Waals surface area contributed by atoms with Crippen LogP contribution in [-0.4, -0.2) is 36.6 Å². The van der Waals surface area contributed by atoms with E-state index in [4.69, 9.17) is 0 Å². The minimum atomic E-state index is 0.830. The minimum Gasteiger partial charge on any atom is -0.314 e. The first-order valence-corrected chi connectivity index (χ1v) is 8.32. The van der Waals surface area contributed by atoms with Crippen LogP contribution in [0, 0.1) is 5.92 Å². The molecule has 2 atom stereocenters. The van der Waals surface area contributed by atoms with Crippen molar-refractivity contribution in [3.8, 4) is 0 Å². The van der Waals surface area contributed by atoms with Gasteiger partial charge in [-0.25, -0.2) is 0 Å². The van der Waals surface area contributed by atoms with Crippen molar-refractivity contribution in [2.45, 2.75) is 77.3 Å². The monoisotopic (exact) mass is 252 g/mol. The SMILES string of the molecule is CCCC(CCC)N1CCCC(C2CCCN2)C1. The Balaban J connectivity index is 1.87. The largest absolute Gasteiger partial charge is 0.314 e. The highest BCUT2D eigenvalue weighted by Crippen LogP contribution is 2.27. The van der Waals surface area contributed by atoms with Gasteiger partial charge in [0.1, 0.15) is 0 Å². The number of hydrogen-bond donors (Lipinski definition) is 1. The lowest BCUT2D eigenvalue weighted by Crippen LogP contribution is -2.47. The third-order valence-corrected chi connectivity index (χ3v) is 4.92. The smallest absolute Gasteiger partial charge is 0.0108 e. The predicted molar refractivity (Wildman–Crippen MR) is 78.9 cm³/mol. The summed E-state index contributed by atoms with van der Waals surface area (Å²) in [5.74, 6) is 0.928. The molecule has 0 spiro atoms. The van der Waals surface area contributed by atoms with E-state index in [1.807, 2.05) is 0 Å². The standard InChI is InChI=1S/C16H32N2/c1-3-7-15(8-4-2)18-12-6-9-14(13-18)16-10-5-11-17-16/h14-17H,3-13H2,1-2H3. The second kappa shape index (κ2) is 7.49. The van der Waals surface area contributed by atoms with Crippen LogP contribution in [-0.2, 0) is 0 Å². The highest BCUT2D eigenvalue weighted by molar-refractivity contribution is 4.88. The summed E-state index contributed by atoms with van der Waals surface area (Å²) in [4.78, 5) is 2.82. The van der Waals surface area contributed by atoms with Gasteiger partial charge in [0, 0.05) is 18.6 Å². The average molecular weight is 252 g/mol. The molecule has 2 heterocycles. The van der Waals surface area contributed by atoms with Crippen molar-refractivity contribution in [3.63, 3.8) is 0 Å². The molecule has 106 valence electrons. The summed E-state index contributed by atoms with van der Waals surface area (Å²) in [6.45, 7) is 8.65. The number of likely N-dealkylation sites (tertiary alicyclic amines) is 1. The van der Waals surface area contributed by atoms with Crippen molar-refractivity contribution < 1.29 is 0 Å². The lowest BCUT2D eigenvalue weighted by Gasteiger charge is -2.40. The van der Waals surface area contributed by atoms with Gasteiger partial charge in [0.15, 0.2) is 0 Å². The molecule has 2 heteroatoms. The van der Waals surface area contributed by atoms with Crippen molar-refractivity contribution in [2.75, 3.05) is 19.6 Å². The van der Waals surface area contributed by atoms with Crippen LogP contribution in [0.1, 0.15) is 65.2 Å². The second-order valence-corrected chi connectivity index (χ2v) is 6.33. The van der Waals surface area contributed by atoms with E-state index in [2.05, 4.69) is 24.1 Å². The summed E-state index contributed by atoms with van der Waals surface area (Å²) in [5.41, 5.74) is 0. The van der Waals surface area contributed by atoms with Crippen molar-refractivity contribution in [1.29, 1.82) is 0 Å². The Morgan fingerprint density at radius 1 is 1.11 bits per heavy atom. The van der Waals surface area contributed by atoms with E-state index < -0.39 is 0 Å².